The third-order valence-electron chi connectivity index (χ3n) is 3.28. The summed E-state index contributed by atoms with van der Waals surface area (Å²) in [5.41, 5.74) is 13.8. The van der Waals surface area contributed by atoms with Gasteiger partial charge < -0.3 is 20.9 Å². The number of hydrogen-bond acceptors (Lipinski definition) is 4. The van der Waals surface area contributed by atoms with Gasteiger partial charge in [-0.3, -0.25) is 0 Å². The van der Waals surface area contributed by atoms with E-state index in [9.17, 15) is 0 Å². The number of hydrogen-bond donors (Lipinski definition) is 2. The molecule has 0 saturated heterocycles. The molecule has 3 aromatic carbocycles. The van der Waals surface area contributed by atoms with Crippen LogP contribution in [0, 0.1) is 0 Å². The molecule has 0 aliphatic rings. The smallest absolute Gasteiger partial charge is 0.121 e. The Kier molecular flexibility index (Phi) is 7.19. The zero-order valence-corrected chi connectivity index (χ0v) is 14.4. The van der Waals surface area contributed by atoms with Crippen LogP contribution < -0.4 is 20.9 Å². The number of nitrogen functional groups attached to an aromatic ring is 2. The largest absolute Gasteiger partial charge is 0.494 e. The van der Waals surface area contributed by atoms with E-state index in [0.29, 0.717) is 13.2 Å². The number of benzene rings is 3. The molecule has 0 amide bonds. The third kappa shape index (κ3) is 6.87. The molecule has 0 heterocycles. The van der Waals surface area contributed by atoms with Crippen LogP contribution in [0.2, 0.25) is 0 Å². The first kappa shape index (κ1) is 18.2. The second-order valence-electron chi connectivity index (χ2n) is 5.35. The van der Waals surface area contributed by atoms with Gasteiger partial charge in [0.05, 0.1) is 6.61 Å². The second-order valence-corrected chi connectivity index (χ2v) is 5.35. The Morgan fingerprint density at radius 3 is 1.76 bits per heavy atom. The number of ether oxygens (including phenoxy) is 2. The highest BCUT2D eigenvalue weighted by Gasteiger charge is 1.95. The summed E-state index contributed by atoms with van der Waals surface area (Å²) in [7, 11) is 0. The summed E-state index contributed by atoms with van der Waals surface area (Å²) in [6.07, 6.45) is 0. The first-order chi connectivity index (χ1) is 12.2. The van der Waals surface area contributed by atoms with E-state index in [1.807, 2.05) is 85.8 Å². The molecule has 3 rings (SSSR count). The van der Waals surface area contributed by atoms with Gasteiger partial charge in [0.25, 0.3) is 0 Å². The Morgan fingerprint density at radius 2 is 1.24 bits per heavy atom. The molecule has 0 aliphatic carbocycles. The molecule has 3 aromatic rings. The molecule has 0 aliphatic heterocycles. The van der Waals surface area contributed by atoms with Crippen molar-refractivity contribution < 1.29 is 9.47 Å². The first-order valence-electron chi connectivity index (χ1n) is 8.18. The third-order valence-corrected chi connectivity index (χ3v) is 3.28. The van der Waals surface area contributed by atoms with Crippen LogP contribution in [-0.4, -0.2) is 6.61 Å². The van der Waals surface area contributed by atoms with Crippen LogP contribution in [0.1, 0.15) is 12.5 Å². The van der Waals surface area contributed by atoms with Crippen LogP contribution in [0.25, 0.3) is 0 Å². The van der Waals surface area contributed by atoms with Gasteiger partial charge in [-0.15, -0.1) is 0 Å². The summed E-state index contributed by atoms with van der Waals surface area (Å²) in [4.78, 5) is 0. The van der Waals surface area contributed by atoms with Crippen LogP contribution in [-0.2, 0) is 6.61 Å². The van der Waals surface area contributed by atoms with E-state index in [-0.39, 0.29) is 0 Å². The van der Waals surface area contributed by atoms with Gasteiger partial charge >= 0.3 is 0 Å². The van der Waals surface area contributed by atoms with E-state index < -0.39 is 0 Å². The van der Waals surface area contributed by atoms with Crippen molar-refractivity contribution in [2.24, 2.45) is 0 Å². The van der Waals surface area contributed by atoms with Crippen LogP contribution in [0.15, 0.2) is 78.9 Å². The molecule has 0 radical (unpaired) electrons. The standard InChI is InChI=1S/C13H13NO.C8H11NO/c14-12-7-4-8-13(9-12)15-10-11-5-2-1-3-6-11;1-2-10-8-5-3-4-7(9)6-8/h1-9H,10,14H2;3-6H,2,9H2,1H3. The highest BCUT2D eigenvalue weighted by Crippen LogP contribution is 2.16. The maximum Gasteiger partial charge on any atom is 0.121 e. The molecule has 4 nitrogen and oxygen atoms in total. The molecule has 0 spiro atoms. The highest BCUT2D eigenvalue weighted by molar-refractivity contribution is 5.44. The van der Waals surface area contributed by atoms with Crippen LogP contribution in [0.5, 0.6) is 11.5 Å². The average molecular weight is 336 g/mol. The van der Waals surface area contributed by atoms with Gasteiger partial charge in [-0.1, -0.05) is 42.5 Å². The van der Waals surface area contributed by atoms with E-state index in [1.54, 1.807) is 0 Å². The fourth-order valence-electron chi connectivity index (χ4n) is 2.12. The topological polar surface area (TPSA) is 70.5 Å². The molecule has 0 bridgehead atoms. The lowest BCUT2D eigenvalue weighted by Crippen LogP contribution is -1.95. The van der Waals surface area contributed by atoms with Crippen molar-refractivity contribution in [2.45, 2.75) is 13.5 Å². The minimum atomic E-state index is 0.574. The molecule has 0 aromatic heterocycles. The lowest BCUT2D eigenvalue weighted by atomic mass is 10.2. The van der Waals surface area contributed by atoms with Gasteiger partial charge in [0.2, 0.25) is 0 Å². The van der Waals surface area contributed by atoms with Gasteiger partial charge in [0.15, 0.2) is 0 Å². The molecular weight excluding hydrogens is 312 g/mol. The number of nitrogens with two attached hydrogens (primary N) is 2. The van der Waals surface area contributed by atoms with E-state index >= 15 is 0 Å². The van der Waals surface area contributed by atoms with Gasteiger partial charge in [0.1, 0.15) is 18.1 Å². The quantitative estimate of drug-likeness (QED) is 0.672. The average Bonchev–Trinajstić information content (AvgIpc) is 2.62. The maximum absolute atomic E-state index is 5.65. The molecule has 0 atom stereocenters. The lowest BCUT2D eigenvalue weighted by Gasteiger charge is -2.06. The Hall–Kier alpha value is -3.14. The summed E-state index contributed by atoms with van der Waals surface area (Å²) in [6.45, 7) is 3.21. The fraction of sp³-hybridized carbons (Fsp3) is 0.143. The summed E-state index contributed by atoms with van der Waals surface area (Å²) in [6, 6.07) is 24.9. The van der Waals surface area contributed by atoms with E-state index in [2.05, 4.69) is 0 Å². The predicted molar refractivity (Wildman–Crippen MR) is 104 cm³/mol. The van der Waals surface area contributed by atoms with Crippen molar-refractivity contribution in [2.75, 3.05) is 18.1 Å². The van der Waals surface area contributed by atoms with Crippen molar-refractivity contribution in [3.8, 4) is 11.5 Å². The molecule has 25 heavy (non-hydrogen) atoms. The minimum absolute atomic E-state index is 0.574. The van der Waals surface area contributed by atoms with Crippen LogP contribution >= 0.6 is 0 Å². The molecular formula is C21H24N2O2. The Labute approximate surface area is 149 Å². The Bertz CT molecular complexity index is 761. The van der Waals surface area contributed by atoms with Gasteiger partial charge in [-0.25, -0.2) is 0 Å². The predicted octanol–water partition coefficient (Wildman–Crippen LogP) is 4.52. The minimum Gasteiger partial charge on any atom is -0.494 e. The van der Waals surface area contributed by atoms with Crippen molar-refractivity contribution in [3.05, 3.63) is 84.4 Å². The second kappa shape index (κ2) is 9.88. The molecule has 4 N–H and O–H groups in total. The van der Waals surface area contributed by atoms with Crippen molar-refractivity contribution >= 4 is 11.4 Å². The number of anilines is 2. The van der Waals surface area contributed by atoms with Crippen LogP contribution in [0.3, 0.4) is 0 Å². The zero-order chi connectivity index (χ0) is 17.9. The summed E-state index contributed by atoms with van der Waals surface area (Å²) >= 11 is 0. The van der Waals surface area contributed by atoms with Crippen molar-refractivity contribution in [1.82, 2.24) is 0 Å². The fourth-order valence-corrected chi connectivity index (χ4v) is 2.12. The number of rotatable bonds is 5. The molecule has 130 valence electrons. The maximum atomic E-state index is 5.65. The molecule has 0 unspecified atom stereocenters. The molecule has 4 heteroatoms. The van der Waals surface area contributed by atoms with Gasteiger partial charge in [0, 0.05) is 23.5 Å². The first-order valence-corrected chi connectivity index (χ1v) is 8.18. The van der Waals surface area contributed by atoms with E-state index in [4.69, 9.17) is 20.9 Å². The molecule has 0 saturated carbocycles. The molecule has 0 fully saturated rings. The Morgan fingerprint density at radius 1 is 0.680 bits per heavy atom. The monoisotopic (exact) mass is 336 g/mol. The summed E-state index contributed by atoms with van der Waals surface area (Å²) < 4.78 is 10.8. The normalized spacial score (nSPS) is 9.64. The van der Waals surface area contributed by atoms with E-state index in [0.717, 1.165) is 28.4 Å². The van der Waals surface area contributed by atoms with Gasteiger partial charge in [-0.05, 0) is 36.8 Å². The zero-order valence-electron chi connectivity index (χ0n) is 14.4. The van der Waals surface area contributed by atoms with Crippen molar-refractivity contribution in [1.29, 1.82) is 0 Å². The lowest BCUT2D eigenvalue weighted by molar-refractivity contribution is 0.306. The van der Waals surface area contributed by atoms with Crippen molar-refractivity contribution in [3.63, 3.8) is 0 Å². The summed E-state index contributed by atoms with van der Waals surface area (Å²) in [5, 5.41) is 0. The Balaban J connectivity index is 0.000000196. The van der Waals surface area contributed by atoms with E-state index in [1.165, 1.54) is 0 Å². The van der Waals surface area contributed by atoms with Crippen LogP contribution in [0.4, 0.5) is 11.4 Å². The summed E-state index contributed by atoms with van der Waals surface area (Å²) in [5.74, 6) is 1.64. The van der Waals surface area contributed by atoms with Gasteiger partial charge in [-0.2, -0.15) is 0 Å². The highest BCUT2D eigenvalue weighted by atomic mass is 16.5. The SMILES string of the molecule is CCOc1cccc(N)c1.Nc1cccc(OCc2ccccc2)c1.